The smallest absolute Gasteiger partial charge is 0.306 e. The van der Waals surface area contributed by atoms with E-state index in [1.165, 1.54) is 295 Å². The summed E-state index contributed by atoms with van der Waals surface area (Å²) in [6.07, 6.45) is 82.1. The molecule has 460 valence electrons. The number of ether oxygens (including phenoxy) is 3. The fraction of sp³-hybridized carbons (Fsp3) is 0.903. The number of hydrogen-bond acceptors (Lipinski definition) is 6. The number of hydrogen-bond donors (Lipinski definition) is 0. The predicted molar refractivity (Wildman–Crippen MR) is 340 cm³/mol. The standard InChI is InChI=1S/C72H136O6/c1-4-7-10-13-16-19-22-25-28-31-32-33-34-35-36-37-38-39-40-42-44-47-50-53-56-59-62-65-71(74)77-68-69(67-76-70(73)64-61-58-55-52-49-46-43-30-27-24-21-18-15-12-9-6-3)78-72(75)66-63-60-57-54-51-48-45-41-29-26-23-20-17-14-11-8-5-2/h26,29-30,43,69H,4-25,27-28,31-42,44-68H2,1-3H3/b29-26-,43-30-. The number of allylic oxidation sites excluding steroid dienone is 4. The lowest BCUT2D eigenvalue weighted by molar-refractivity contribution is -0.167. The van der Waals surface area contributed by atoms with Gasteiger partial charge in [-0.05, 0) is 70.6 Å². The molecule has 1 atom stereocenters. The normalized spacial score (nSPS) is 12.1. The fourth-order valence-corrected chi connectivity index (χ4v) is 10.8. The molecule has 0 N–H and O–H groups in total. The van der Waals surface area contributed by atoms with Crippen LogP contribution in [0.1, 0.15) is 400 Å². The summed E-state index contributed by atoms with van der Waals surface area (Å²) in [6, 6.07) is 0. The van der Waals surface area contributed by atoms with Crippen LogP contribution in [-0.4, -0.2) is 37.2 Å². The first-order chi connectivity index (χ1) is 38.5. The summed E-state index contributed by atoms with van der Waals surface area (Å²) >= 11 is 0. The van der Waals surface area contributed by atoms with E-state index in [0.717, 1.165) is 64.2 Å². The van der Waals surface area contributed by atoms with Crippen LogP contribution < -0.4 is 0 Å². The third-order valence-corrected chi connectivity index (χ3v) is 16.2. The van der Waals surface area contributed by atoms with Crippen molar-refractivity contribution in [1.29, 1.82) is 0 Å². The molecule has 0 aliphatic rings. The lowest BCUT2D eigenvalue weighted by Gasteiger charge is -2.18. The molecular weight excluding hydrogens is 961 g/mol. The number of esters is 3. The average Bonchev–Trinajstić information content (AvgIpc) is 3.44. The minimum Gasteiger partial charge on any atom is -0.462 e. The van der Waals surface area contributed by atoms with Crippen molar-refractivity contribution in [2.75, 3.05) is 13.2 Å². The largest absolute Gasteiger partial charge is 0.462 e. The Balaban J connectivity index is 4.23. The van der Waals surface area contributed by atoms with Crippen LogP contribution in [0.4, 0.5) is 0 Å². The van der Waals surface area contributed by atoms with Gasteiger partial charge in [0.25, 0.3) is 0 Å². The molecule has 6 nitrogen and oxygen atoms in total. The van der Waals surface area contributed by atoms with Gasteiger partial charge in [0.2, 0.25) is 0 Å². The Morgan fingerprint density at radius 3 is 0.641 bits per heavy atom. The van der Waals surface area contributed by atoms with Crippen molar-refractivity contribution >= 4 is 17.9 Å². The summed E-state index contributed by atoms with van der Waals surface area (Å²) in [5.41, 5.74) is 0. The number of carbonyl (C=O) groups excluding carboxylic acids is 3. The molecule has 0 spiro atoms. The molecule has 0 amide bonds. The quantitative estimate of drug-likeness (QED) is 0.0261. The molecule has 0 aromatic carbocycles. The van der Waals surface area contributed by atoms with Crippen LogP contribution >= 0.6 is 0 Å². The first kappa shape index (κ1) is 75.9. The minimum atomic E-state index is -0.775. The Morgan fingerprint density at radius 1 is 0.244 bits per heavy atom. The minimum absolute atomic E-state index is 0.0703. The SMILES string of the molecule is CCCCCCCC/C=C\CCCCCCCCCC(=O)OC(COC(=O)CCCCCCC/C=C\CCCCCCCCC)COC(=O)CCCCCCCCCCCCCCCCCCCCCCCCCCCCC. The lowest BCUT2D eigenvalue weighted by atomic mass is 10.0. The van der Waals surface area contributed by atoms with E-state index in [4.69, 9.17) is 14.2 Å². The molecule has 0 bridgehead atoms. The third kappa shape index (κ3) is 64.7. The van der Waals surface area contributed by atoms with Crippen molar-refractivity contribution in [3.05, 3.63) is 24.3 Å². The summed E-state index contributed by atoms with van der Waals surface area (Å²) in [6.45, 7) is 6.70. The van der Waals surface area contributed by atoms with Crippen LogP contribution in [0.3, 0.4) is 0 Å². The summed E-state index contributed by atoms with van der Waals surface area (Å²) in [5.74, 6) is -0.853. The Bertz CT molecular complexity index is 1260. The van der Waals surface area contributed by atoms with E-state index in [9.17, 15) is 14.4 Å². The lowest BCUT2D eigenvalue weighted by Crippen LogP contribution is -2.30. The monoisotopic (exact) mass is 1100 g/mol. The van der Waals surface area contributed by atoms with Crippen LogP contribution in [0.15, 0.2) is 24.3 Å². The molecule has 0 aromatic heterocycles. The second-order valence-corrected chi connectivity index (χ2v) is 24.1. The summed E-state index contributed by atoms with van der Waals surface area (Å²) < 4.78 is 17.0. The number of carbonyl (C=O) groups is 3. The third-order valence-electron chi connectivity index (χ3n) is 16.2. The van der Waals surface area contributed by atoms with Crippen LogP contribution in [0.5, 0.6) is 0 Å². The maximum atomic E-state index is 12.9. The van der Waals surface area contributed by atoms with E-state index < -0.39 is 6.10 Å². The van der Waals surface area contributed by atoms with Gasteiger partial charge in [-0.15, -0.1) is 0 Å². The zero-order valence-corrected chi connectivity index (χ0v) is 53.0. The highest BCUT2D eigenvalue weighted by Crippen LogP contribution is 2.19. The number of rotatable bonds is 66. The van der Waals surface area contributed by atoms with Gasteiger partial charge in [0, 0.05) is 19.3 Å². The van der Waals surface area contributed by atoms with Gasteiger partial charge in [0.05, 0.1) is 0 Å². The van der Waals surface area contributed by atoms with Gasteiger partial charge in [-0.25, -0.2) is 0 Å². The molecule has 1 unspecified atom stereocenters. The molecule has 0 saturated carbocycles. The van der Waals surface area contributed by atoms with Gasteiger partial charge in [-0.1, -0.05) is 334 Å². The molecule has 0 radical (unpaired) electrons. The van der Waals surface area contributed by atoms with Crippen LogP contribution in [-0.2, 0) is 28.6 Å². The molecule has 0 fully saturated rings. The van der Waals surface area contributed by atoms with Crippen molar-refractivity contribution in [3.63, 3.8) is 0 Å². The van der Waals surface area contributed by atoms with Crippen molar-refractivity contribution in [3.8, 4) is 0 Å². The highest BCUT2D eigenvalue weighted by atomic mass is 16.6. The average molecular weight is 1100 g/mol. The van der Waals surface area contributed by atoms with Crippen LogP contribution in [0.2, 0.25) is 0 Å². The summed E-state index contributed by atoms with van der Waals surface area (Å²) in [5, 5.41) is 0. The molecule has 0 aromatic rings. The second kappa shape index (κ2) is 67.4. The molecule has 78 heavy (non-hydrogen) atoms. The second-order valence-electron chi connectivity index (χ2n) is 24.1. The van der Waals surface area contributed by atoms with E-state index in [1.807, 2.05) is 0 Å². The maximum absolute atomic E-state index is 12.9. The van der Waals surface area contributed by atoms with Crippen LogP contribution in [0, 0.1) is 0 Å². The molecule has 0 aliphatic carbocycles. The van der Waals surface area contributed by atoms with Gasteiger partial charge < -0.3 is 14.2 Å². The van der Waals surface area contributed by atoms with Gasteiger partial charge in [-0.2, -0.15) is 0 Å². The Morgan fingerprint density at radius 2 is 0.423 bits per heavy atom. The highest BCUT2D eigenvalue weighted by Gasteiger charge is 2.19. The van der Waals surface area contributed by atoms with E-state index in [1.54, 1.807) is 0 Å². The molecule has 0 aliphatic heterocycles. The molecule has 0 saturated heterocycles. The fourth-order valence-electron chi connectivity index (χ4n) is 10.8. The molecule has 0 heterocycles. The Kier molecular flexibility index (Phi) is 65.6. The first-order valence-electron chi connectivity index (χ1n) is 35.3. The zero-order valence-electron chi connectivity index (χ0n) is 53.0. The van der Waals surface area contributed by atoms with E-state index in [2.05, 4.69) is 45.1 Å². The Labute approximate surface area is 487 Å². The van der Waals surface area contributed by atoms with Gasteiger partial charge in [0.1, 0.15) is 13.2 Å². The topological polar surface area (TPSA) is 78.9 Å². The number of unbranched alkanes of at least 4 members (excludes halogenated alkanes) is 51. The maximum Gasteiger partial charge on any atom is 0.306 e. The van der Waals surface area contributed by atoms with Gasteiger partial charge >= 0.3 is 17.9 Å². The zero-order chi connectivity index (χ0) is 56.4. The highest BCUT2D eigenvalue weighted by molar-refractivity contribution is 5.71. The molecule has 6 heteroatoms. The summed E-state index contributed by atoms with van der Waals surface area (Å²) in [7, 11) is 0. The van der Waals surface area contributed by atoms with E-state index in [0.29, 0.717) is 19.3 Å². The van der Waals surface area contributed by atoms with Gasteiger partial charge in [0.15, 0.2) is 6.10 Å². The van der Waals surface area contributed by atoms with Crippen molar-refractivity contribution in [2.24, 2.45) is 0 Å². The van der Waals surface area contributed by atoms with Crippen LogP contribution in [0.25, 0.3) is 0 Å². The predicted octanol–water partition coefficient (Wildman–Crippen LogP) is 24.2. The van der Waals surface area contributed by atoms with E-state index in [-0.39, 0.29) is 31.1 Å². The van der Waals surface area contributed by atoms with Crippen molar-refractivity contribution in [2.45, 2.75) is 406 Å². The molecule has 0 rings (SSSR count). The Hall–Kier alpha value is -2.11. The van der Waals surface area contributed by atoms with Crippen molar-refractivity contribution in [1.82, 2.24) is 0 Å². The molecular formula is C72H136O6. The van der Waals surface area contributed by atoms with Crippen molar-refractivity contribution < 1.29 is 28.6 Å². The summed E-state index contributed by atoms with van der Waals surface area (Å²) in [4.78, 5) is 38.4. The first-order valence-corrected chi connectivity index (χ1v) is 35.3. The van der Waals surface area contributed by atoms with E-state index >= 15 is 0 Å². The van der Waals surface area contributed by atoms with Gasteiger partial charge in [-0.3, -0.25) is 14.4 Å².